The Labute approximate surface area is 178 Å². The van der Waals surface area contributed by atoms with E-state index in [4.69, 9.17) is 11.6 Å². The summed E-state index contributed by atoms with van der Waals surface area (Å²) < 4.78 is 43.0. The Hall–Kier alpha value is -3.47. The fourth-order valence-corrected chi connectivity index (χ4v) is 3.21. The number of benzene rings is 1. The van der Waals surface area contributed by atoms with Gasteiger partial charge in [0.2, 0.25) is 0 Å². The van der Waals surface area contributed by atoms with Crippen LogP contribution in [0.2, 0.25) is 5.02 Å². The van der Waals surface area contributed by atoms with Crippen LogP contribution in [0.3, 0.4) is 0 Å². The Kier molecular flexibility index (Phi) is 5.59. The Bertz CT molecular complexity index is 1300. The zero-order valence-corrected chi connectivity index (χ0v) is 16.8. The fourth-order valence-electron chi connectivity index (χ4n) is 3.05. The van der Waals surface area contributed by atoms with Gasteiger partial charge in [-0.3, -0.25) is 9.48 Å². The third kappa shape index (κ3) is 4.36. The van der Waals surface area contributed by atoms with Crippen molar-refractivity contribution in [1.82, 2.24) is 34.6 Å². The topological polar surface area (TPSA) is 83.4 Å². The molecule has 12 heteroatoms. The molecule has 0 amide bonds. The van der Waals surface area contributed by atoms with Gasteiger partial charge in [-0.25, -0.2) is 22.5 Å². The molecule has 3 aromatic heterocycles. The third-order valence-corrected chi connectivity index (χ3v) is 4.82. The number of nitrogens with zero attached hydrogens (tertiary/aromatic N) is 7. The third-order valence-electron chi connectivity index (χ3n) is 4.59. The number of rotatable bonds is 6. The fraction of sp³-hybridized carbons (Fsp3) is 0.211. The van der Waals surface area contributed by atoms with Crippen LogP contribution in [0.4, 0.5) is 13.2 Å². The van der Waals surface area contributed by atoms with E-state index in [1.165, 1.54) is 52.2 Å². The first-order valence-electron chi connectivity index (χ1n) is 9.04. The van der Waals surface area contributed by atoms with Gasteiger partial charge < -0.3 is 0 Å². The van der Waals surface area contributed by atoms with E-state index in [1.807, 2.05) is 0 Å². The molecule has 0 spiro atoms. The lowest BCUT2D eigenvalue weighted by Crippen LogP contribution is -2.24. The number of hydrogen-bond donors (Lipinski definition) is 0. The molecule has 4 rings (SSSR count). The summed E-state index contributed by atoms with van der Waals surface area (Å²) in [6, 6.07) is 5.51. The summed E-state index contributed by atoms with van der Waals surface area (Å²) in [6.07, 6.45) is 1.69. The Morgan fingerprint density at radius 2 is 1.90 bits per heavy atom. The van der Waals surface area contributed by atoms with Gasteiger partial charge in [0.05, 0.1) is 24.6 Å². The van der Waals surface area contributed by atoms with E-state index in [0.29, 0.717) is 16.8 Å². The molecular weight excluding hydrogens is 435 g/mol. The van der Waals surface area contributed by atoms with Crippen LogP contribution in [0.25, 0.3) is 22.4 Å². The first-order chi connectivity index (χ1) is 14.8. The van der Waals surface area contributed by atoms with E-state index in [-0.39, 0.29) is 22.8 Å². The van der Waals surface area contributed by atoms with E-state index in [0.717, 1.165) is 4.68 Å². The van der Waals surface area contributed by atoms with Gasteiger partial charge in [0.1, 0.15) is 18.1 Å². The van der Waals surface area contributed by atoms with Gasteiger partial charge in [-0.2, -0.15) is 10.2 Å². The van der Waals surface area contributed by atoms with Crippen molar-refractivity contribution in [2.45, 2.75) is 19.5 Å². The van der Waals surface area contributed by atoms with Crippen LogP contribution >= 0.6 is 11.6 Å². The maximum Gasteiger partial charge on any atom is 0.267 e. The second-order valence-electron chi connectivity index (χ2n) is 6.71. The van der Waals surface area contributed by atoms with Crippen molar-refractivity contribution >= 4 is 11.6 Å². The van der Waals surface area contributed by atoms with E-state index >= 15 is 0 Å². The smallest absolute Gasteiger partial charge is 0.267 e. The molecule has 31 heavy (non-hydrogen) atoms. The van der Waals surface area contributed by atoms with Crippen molar-refractivity contribution in [3.05, 3.63) is 69.7 Å². The van der Waals surface area contributed by atoms with Crippen LogP contribution in [-0.4, -0.2) is 41.0 Å². The summed E-state index contributed by atoms with van der Waals surface area (Å²) in [5.41, 5.74) is 1.42. The van der Waals surface area contributed by atoms with E-state index in [1.54, 1.807) is 7.05 Å². The van der Waals surface area contributed by atoms with Crippen molar-refractivity contribution in [2.75, 3.05) is 0 Å². The van der Waals surface area contributed by atoms with Gasteiger partial charge in [0, 0.05) is 41.0 Å². The predicted molar refractivity (Wildman–Crippen MR) is 106 cm³/mol. The van der Waals surface area contributed by atoms with Crippen LogP contribution in [0.15, 0.2) is 47.7 Å². The molecule has 1 aromatic carbocycles. The summed E-state index contributed by atoms with van der Waals surface area (Å²) in [4.78, 5) is 12.6. The molecule has 0 saturated heterocycles. The van der Waals surface area contributed by atoms with Gasteiger partial charge >= 0.3 is 0 Å². The SMILES string of the molecule is Cn1nnc(-c2ccc(Cl)cc2F)c1Cn1ncc(-c2cnn(CC(F)F)c2)cc1=O. The maximum atomic E-state index is 14.4. The van der Waals surface area contributed by atoms with Crippen LogP contribution in [-0.2, 0) is 20.1 Å². The summed E-state index contributed by atoms with van der Waals surface area (Å²) in [6.45, 7) is -0.549. The van der Waals surface area contributed by atoms with Gasteiger partial charge in [0.15, 0.2) is 0 Å². The van der Waals surface area contributed by atoms with Gasteiger partial charge in [-0.1, -0.05) is 16.8 Å². The van der Waals surface area contributed by atoms with Crippen molar-refractivity contribution in [3.8, 4) is 22.4 Å². The highest BCUT2D eigenvalue weighted by molar-refractivity contribution is 6.30. The van der Waals surface area contributed by atoms with E-state index in [2.05, 4.69) is 20.5 Å². The minimum absolute atomic E-state index is 0.00927. The highest BCUT2D eigenvalue weighted by Gasteiger charge is 2.18. The largest absolute Gasteiger partial charge is 0.268 e. The van der Waals surface area contributed by atoms with Crippen LogP contribution < -0.4 is 5.56 Å². The van der Waals surface area contributed by atoms with Gasteiger partial charge in [-0.15, -0.1) is 5.10 Å². The minimum atomic E-state index is -2.54. The molecule has 160 valence electrons. The molecule has 0 N–H and O–H groups in total. The van der Waals surface area contributed by atoms with E-state index < -0.39 is 24.3 Å². The van der Waals surface area contributed by atoms with Gasteiger partial charge in [-0.05, 0) is 18.2 Å². The molecule has 0 radical (unpaired) electrons. The zero-order valence-electron chi connectivity index (χ0n) is 16.1. The van der Waals surface area contributed by atoms with Crippen LogP contribution in [0.5, 0.6) is 0 Å². The highest BCUT2D eigenvalue weighted by Crippen LogP contribution is 2.26. The molecule has 0 saturated carbocycles. The van der Waals surface area contributed by atoms with Crippen LogP contribution in [0.1, 0.15) is 5.69 Å². The second kappa shape index (κ2) is 8.34. The average Bonchev–Trinajstić information content (AvgIpc) is 3.30. The molecule has 0 bridgehead atoms. The summed E-state index contributed by atoms with van der Waals surface area (Å²) in [5, 5.41) is 16.2. The number of alkyl halides is 2. The quantitative estimate of drug-likeness (QED) is 0.452. The molecule has 8 nitrogen and oxygen atoms in total. The lowest BCUT2D eigenvalue weighted by Gasteiger charge is -2.08. The number of aromatic nitrogens is 7. The summed E-state index contributed by atoms with van der Waals surface area (Å²) >= 11 is 5.81. The first kappa shape index (κ1) is 20.8. The molecule has 0 fully saturated rings. The molecule has 0 aliphatic carbocycles. The monoisotopic (exact) mass is 449 g/mol. The number of halogens is 4. The lowest BCUT2D eigenvalue weighted by atomic mass is 10.1. The molecular formula is C19H15ClF3N7O. The molecule has 4 aromatic rings. The lowest BCUT2D eigenvalue weighted by molar-refractivity contribution is 0.122. The van der Waals surface area contributed by atoms with Crippen molar-refractivity contribution in [3.63, 3.8) is 0 Å². The summed E-state index contributed by atoms with van der Waals surface area (Å²) in [7, 11) is 1.62. The maximum absolute atomic E-state index is 14.4. The van der Waals surface area contributed by atoms with Gasteiger partial charge in [0.25, 0.3) is 12.0 Å². The molecule has 3 heterocycles. The first-order valence-corrected chi connectivity index (χ1v) is 9.41. The van der Waals surface area contributed by atoms with Crippen LogP contribution in [0, 0.1) is 5.82 Å². The standard InChI is InChI=1S/C19H15ClF3N7O/c1-28-16(19(26-27-28)14-3-2-13(20)5-15(14)21)9-30-18(31)4-11(6-25-30)12-7-24-29(8-12)10-17(22)23/h2-8,17H,9-10H2,1H3. The minimum Gasteiger partial charge on any atom is -0.268 e. The number of aryl methyl sites for hydroxylation is 1. The number of hydrogen-bond acceptors (Lipinski definition) is 5. The Morgan fingerprint density at radius 1 is 1.13 bits per heavy atom. The molecule has 0 unspecified atom stereocenters. The second-order valence-corrected chi connectivity index (χ2v) is 7.15. The van der Waals surface area contributed by atoms with Crippen molar-refractivity contribution < 1.29 is 13.2 Å². The Balaban J connectivity index is 1.63. The predicted octanol–water partition coefficient (Wildman–Crippen LogP) is 3.01. The van der Waals surface area contributed by atoms with Crippen molar-refractivity contribution in [2.24, 2.45) is 7.05 Å². The Morgan fingerprint density at radius 3 is 2.61 bits per heavy atom. The normalized spacial score (nSPS) is 11.4. The zero-order chi connectivity index (χ0) is 22.1. The molecule has 0 aliphatic heterocycles. The van der Waals surface area contributed by atoms with Crippen molar-refractivity contribution in [1.29, 1.82) is 0 Å². The molecule has 0 aliphatic rings. The molecule has 0 atom stereocenters. The highest BCUT2D eigenvalue weighted by atomic mass is 35.5. The average molecular weight is 450 g/mol. The van der Waals surface area contributed by atoms with E-state index in [9.17, 15) is 18.0 Å². The summed E-state index contributed by atoms with van der Waals surface area (Å²) in [5.74, 6) is -0.564.